The average molecular weight is 340 g/mol. The fourth-order valence-electron chi connectivity index (χ4n) is 2.26. The standard InChI is InChI=1S/C18H16N2O3S/c1-11-6-5-7-13(12(11)2)17(22)23-10-16(21)20-18-19-14-8-3-4-9-15(14)24-18/h3-9H,10H2,1-2H3,(H,19,20,21). The minimum atomic E-state index is -0.504. The summed E-state index contributed by atoms with van der Waals surface area (Å²) in [5.74, 6) is -0.914. The molecule has 0 aliphatic heterocycles. The molecule has 0 aliphatic rings. The molecule has 24 heavy (non-hydrogen) atoms. The number of hydrogen-bond acceptors (Lipinski definition) is 5. The molecule has 0 unspecified atom stereocenters. The summed E-state index contributed by atoms with van der Waals surface area (Å²) >= 11 is 1.38. The second-order valence-electron chi connectivity index (χ2n) is 5.36. The second-order valence-corrected chi connectivity index (χ2v) is 6.39. The number of carbonyl (C=O) groups is 2. The highest BCUT2D eigenvalue weighted by atomic mass is 32.1. The van der Waals surface area contributed by atoms with Crippen molar-refractivity contribution in [1.82, 2.24) is 4.98 Å². The van der Waals surface area contributed by atoms with Crippen LogP contribution >= 0.6 is 11.3 Å². The summed E-state index contributed by atoms with van der Waals surface area (Å²) in [5.41, 5.74) is 3.16. The zero-order valence-corrected chi connectivity index (χ0v) is 14.1. The number of anilines is 1. The fourth-order valence-corrected chi connectivity index (χ4v) is 3.14. The van der Waals surface area contributed by atoms with E-state index in [2.05, 4.69) is 10.3 Å². The van der Waals surface area contributed by atoms with Crippen molar-refractivity contribution in [3.63, 3.8) is 0 Å². The number of ether oxygens (including phenoxy) is 1. The molecule has 0 spiro atoms. The number of fused-ring (bicyclic) bond motifs is 1. The highest BCUT2D eigenvalue weighted by Crippen LogP contribution is 2.25. The van der Waals surface area contributed by atoms with Gasteiger partial charge in [-0.15, -0.1) is 0 Å². The number of carbonyl (C=O) groups excluding carboxylic acids is 2. The number of hydrogen-bond donors (Lipinski definition) is 1. The van der Waals surface area contributed by atoms with Crippen LogP contribution < -0.4 is 5.32 Å². The summed E-state index contributed by atoms with van der Waals surface area (Å²) in [7, 11) is 0. The number of nitrogens with zero attached hydrogens (tertiary/aromatic N) is 1. The Hall–Kier alpha value is -2.73. The van der Waals surface area contributed by atoms with Crippen LogP contribution in [0.5, 0.6) is 0 Å². The molecule has 1 heterocycles. The monoisotopic (exact) mass is 340 g/mol. The topological polar surface area (TPSA) is 68.3 Å². The molecule has 6 heteroatoms. The Morgan fingerprint density at radius 1 is 1.12 bits per heavy atom. The minimum absolute atomic E-state index is 0.345. The molecule has 1 amide bonds. The first kappa shape index (κ1) is 16.1. The molecule has 122 valence electrons. The number of benzene rings is 2. The van der Waals surface area contributed by atoms with E-state index in [-0.39, 0.29) is 6.61 Å². The number of amides is 1. The third kappa shape index (κ3) is 3.44. The maximum absolute atomic E-state index is 12.1. The molecule has 1 N–H and O–H groups in total. The summed E-state index contributed by atoms with van der Waals surface area (Å²) in [5, 5.41) is 3.15. The first-order valence-electron chi connectivity index (χ1n) is 7.43. The van der Waals surface area contributed by atoms with Crippen molar-refractivity contribution in [2.24, 2.45) is 0 Å². The quantitative estimate of drug-likeness (QED) is 0.735. The van der Waals surface area contributed by atoms with Gasteiger partial charge in [0, 0.05) is 0 Å². The van der Waals surface area contributed by atoms with Crippen molar-refractivity contribution >= 4 is 38.6 Å². The van der Waals surface area contributed by atoms with E-state index in [0.29, 0.717) is 10.7 Å². The Balaban J connectivity index is 1.61. The van der Waals surface area contributed by atoms with E-state index in [9.17, 15) is 9.59 Å². The third-order valence-electron chi connectivity index (χ3n) is 3.70. The Morgan fingerprint density at radius 2 is 1.92 bits per heavy atom. The van der Waals surface area contributed by atoms with Crippen LogP contribution in [0.25, 0.3) is 10.2 Å². The summed E-state index contributed by atoms with van der Waals surface area (Å²) in [6.45, 7) is 3.43. The molecular formula is C18H16N2O3S. The molecule has 0 bridgehead atoms. The maximum atomic E-state index is 12.1. The van der Waals surface area contributed by atoms with Gasteiger partial charge in [-0.05, 0) is 43.2 Å². The lowest BCUT2D eigenvalue weighted by Crippen LogP contribution is -2.21. The van der Waals surface area contributed by atoms with Crippen molar-refractivity contribution in [2.75, 3.05) is 11.9 Å². The van der Waals surface area contributed by atoms with Crippen molar-refractivity contribution in [3.05, 3.63) is 59.2 Å². The Bertz CT molecular complexity index is 885. The predicted octanol–water partition coefficient (Wildman–Crippen LogP) is 3.71. The predicted molar refractivity (Wildman–Crippen MR) is 94.4 cm³/mol. The number of nitrogens with one attached hydrogen (secondary N) is 1. The van der Waals surface area contributed by atoms with Crippen molar-refractivity contribution in [2.45, 2.75) is 13.8 Å². The van der Waals surface area contributed by atoms with E-state index in [1.807, 2.05) is 44.2 Å². The van der Waals surface area contributed by atoms with Crippen LogP contribution in [0.2, 0.25) is 0 Å². The number of aryl methyl sites for hydroxylation is 1. The van der Waals surface area contributed by atoms with Gasteiger partial charge in [0.25, 0.3) is 5.91 Å². The molecule has 0 saturated heterocycles. The van der Waals surface area contributed by atoms with Crippen molar-refractivity contribution in [3.8, 4) is 0 Å². The van der Waals surface area contributed by atoms with Gasteiger partial charge in [-0.25, -0.2) is 9.78 Å². The van der Waals surface area contributed by atoms with Gasteiger partial charge in [-0.1, -0.05) is 35.6 Å². The van der Waals surface area contributed by atoms with Gasteiger partial charge in [0.15, 0.2) is 11.7 Å². The molecule has 3 aromatic rings. The van der Waals surface area contributed by atoms with E-state index >= 15 is 0 Å². The Morgan fingerprint density at radius 3 is 2.71 bits per heavy atom. The summed E-state index contributed by atoms with van der Waals surface area (Å²) in [6.07, 6.45) is 0. The Kier molecular flexibility index (Phi) is 4.57. The van der Waals surface area contributed by atoms with Gasteiger partial charge in [0.1, 0.15) is 0 Å². The molecule has 0 radical (unpaired) electrons. The first-order valence-corrected chi connectivity index (χ1v) is 8.25. The SMILES string of the molecule is Cc1cccc(C(=O)OCC(=O)Nc2nc3ccccc3s2)c1C. The van der Waals surface area contributed by atoms with Crippen LogP contribution in [-0.4, -0.2) is 23.5 Å². The molecule has 0 fully saturated rings. The van der Waals surface area contributed by atoms with Gasteiger partial charge in [0.05, 0.1) is 15.8 Å². The molecule has 0 atom stereocenters. The van der Waals surface area contributed by atoms with Crippen LogP contribution in [0, 0.1) is 13.8 Å². The van der Waals surface area contributed by atoms with E-state index < -0.39 is 11.9 Å². The van der Waals surface area contributed by atoms with E-state index in [1.54, 1.807) is 12.1 Å². The van der Waals surface area contributed by atoms with Crippen molar-refractivity contribution in [1.29, 1.82) is 0 Å². The van der Waals surface area contributed by atoms with Gasteiger partial charge in [0.2, 0.25) is 0 Å². The molecule has 0 aliphatic carbocycles. The maximum Gasteiger partial charge on any atom is 0.338 e. The van der Waals surface area contributed by atoms with Crippen LogP contribution in [-0.2, 0) is 9.53 Å². The molecular weight excluding hydrogens is 324 g/mol. The summed E-state index contributed by atoms with van der Waals surface area (Å²) in [6, 6.07) is 13.0. The highest BCUT2D eigenvalue weighted by Gasteiger charge is 2.14. The lowest BCUT2D eigenvalue weighted by atomic mass is 10.0. The number of rotatable bonds is 4. The summed E-state index contributed by atoms with van der Waals surface area (Å²) in [4.78, 5) is 28.4. The van der Waals surface area contributed by atoms with E-state index in [1.165, 1.54) is 11.3 Å². The lowest BCUT2D eigenvalue weighted by Gasteiger charge is -2.08. The number of esters is 1. The second kappa shape index (κ2) is 6.80. The van der Waals surface area contributed by atoms with E-state index in [4.69, 9.17) is 4.74 Å². The fraction of sp³-hybridized carbons (Fsp3) is 0.167. The molecule has 2 aromatic carbocycles. The van der Waals surface area contributed by atoms with Crippen molar-refractivity contribution < 1.29 is 14.3 Å². The molecule has 3 rings (SSSR count). The lowest BCUT2D eigenvalue weighted by molar-refractivity contribution is -0.119. The summed E-state index contributed by atoms with van der Waals surface area (Å²) < 4.78 is 6.08. The van der Waals surface area contributed by atoms with Gasteiger partial charge in [-0.3, -0.25) is 10.1 Å². The third-order valence-corrected chi connectivity index (χ3v) is 4.65. The average Bonchev–Trinajstić information content (AvgIpc) is 2.97. The zero-order chi connectivity index (χ0) is 17.1. The smallest absolute Gasteiger partial charge is 0.338 e. The number of thiazole rings is 1. The van der Waals surface area contributed by atoms with Crippen LogP contribution in [0.3, 0.4) is 0 Å². The number of aromatic nitrogens is 1. The van der Waals surface area contributed by atoms with Gasteiger partial charge < -0.3 is 4.74 Å². The Labute approximate surface area is 143 Å². The molecule has 0 saturated carbocycles. The molecule has 1 aromatic heterocycles. The van der Waals surface area contributed by atoms with Crippen LogP contribution in [0.4, 0.5) is 5.13 Å². The largest absolute Gasteiger partial charge is 0.452 e. The minimum Gasteiger partial charge on any atom is -0.452 e. The highest BCUT2D eigenvalue weighted by molar-refractivity contribution is 7.22. The van der Waals surface area contributed by atoms with Gasteiger partial charge in [-0.2, -0.15) is 0 Å². The van der Waals surface area contributed by atoms with E-state index in [0.717, 1.165) is 21.3 Å². The van der Waals surface area contributed by atoms with Gasteiger partial charge >= 0.3 is 5.97 Å². The molecule has 5 nitrogen and oxygen atoms in total. The normalized spacial score (nSPS) is 10.6. The van der Waals surface area contributed by atoms with Crippen LogP contribution in [0.15, 0.2) is 42.5 Å². The zero-order valence-electron chi connectivity index (χ0n) is 13.3. The van der Waals surface area contributed by atoms with Crippen LogP contribution in [0.1, 0.15) is 21.5 Å². The first-order chi connectivity index (χ1) is 11.5. The number of para-hydroxylation sites is 1.